The van der Waals surface area contributed by atoms with Crippen LogP contribution in [0.15, 0.2) is 18.3 Å². The van der Waals surface area contributed by atoms with Crippen molar-refractivity contribution >= 4 is 5.97 Å². The van der Waals surface area contributed by atoms with E-state index < -0.39 is 17.7 Å². The molecule has 2 N–H and O–H groups in total. The molecule has 1 aromatic heterocycles. The molecular weight excluding hydrogens is 249 g/mol. The van der Waals surface area contributed by atoms with Crippen LogP contribution >= 0.6 is 0 Å². The number of carbonyl (C=O) groups excluding carboxylic acids is 1. The second kappa shape index (κ2) is 4.93. The fourth-order valence-electron chi connectivity index (χ4n) is 1.31. The third-order valence-electron chi connectivity index (χ3n) is 2.30. The molecule has 4 nitrogen and oxygen atoms in total. The van der Waals surface area contributed by atoms with Crippen molar-refractivity contribution in [1.82, 2.24) is 4.98 Å². The maximum absolute atomic E-state index is 12.1. The number of nitrogens with two attached hydrogens (primary N) is 1. The van der Waals surface area contributed by atoms with Crippen LogP contribution in [0.1, 0.15) is 25.1 Å². The van der Waals surface area contributed by atoms with Crippen molar-refractivity contribution in [2.45, 2.75) is 32.2 Å². The average molecular weight is 262 g/mol. The van der Waals surface area contributed by atoms with E-state index in [0.29, 0.717) is 11.3 Å². The van der Waals surface area contributed by atoms with E-state index in [1.807, 2.05) is 0 Å². The number of pyridine rings is 1. The lowest BCUT2D eigenvalue weighted by atomic mass is 9.98. The van der Waals surface area contributed by atoms with Crippen LogP contribution in [0.25, 0.3) is 0 Å². The normalized spacial score (nSPS) is 12.3. The van der Waals surface area contributed by atoms with Crippen LogP contribution < -0.4 is 5.73 Å². The standard InChI is InChI=1S/C11H13F3N2O2/c1-10(2,18-9(17)11(12,13)14)7-3-4-16-8(5-7)6-15/h3-5H,6,15H2,1-2H3. The molecule has 0 aromatic carbocycles. The molecule has 18 heavy (non-hydrogen) atoms. The van der Waals surface area contributed by atoms with E-state index in [0.717, 1.165) is 0 Å². The van der Waals surface area contributed by atoms with E-state index in [1.54, 1.807) is 0 Å². The molecule has 0 radical (unpaired) electrons. The molecule has 0 spiro atoms. The van der Waals surface area contributed by atoms with E-state index >= 15 is 0 Å². The number of rotatable bonds is 3. The van der Waals surface area contributed by atoms with Crippen molar-refractivity contribution < 1.29 is 22.7 Å². The predicted octanol–water partition coefficient (Wildman–Crippen LogP) is 1.88. The molecule has 1 aromatic rings. The van der Waals surface area contributed by atoms with Crippen molar-refractivity contribution in [2.24, 2.45) is 5.73 Å². The number of alkyl halides is 3. The van der Waals surface area contributed by atoms with Crippen LogP contribution in [0.5, 0.6) is 0 Å². The summed E-state index contributed by atoms with van der Waals surface area (Å²) < 4.78 is 40.9. The van der Waals surface area contributed by atoms with E-state index in [4.69, 9.17) is 5.73 Å². The van der Waals surface area contributed by atoms with Crippen molar-refractivity contribution in [3.05, 3.63) is 29.6 Å². The monoisotopic (exact) mass is 262 g/mol. The zero-order valence-corrected chi connectivity index (χ0v) is 9.91. The molecule has 0 atom stereocenters. The summed E-state index contributed by atoms with van der Waals surface area (Å²) in [5.74, 6) is -2.22. The highest BCUT2D eigenvalue weighted by atomic mass is 19.4. The summed E-state index contributed by atoms with van der Waals surface area (Å²) in [5, 5.41) is 0. The Morgan fingerprint density at radius 3 is 2.56 bits per heavy atom. The molecule has 0 fully saturated rings. The minimum absolute atomic E-state index is 0.150. The molecule has 0 aliphatic rings. The third kappa shape index (κ3) is 3.43. The topological polar surface area (TPSA) is 65.2 Å². The Kier molecular flexibility index (Phi) is 3.95. The lowest BCUT2D eigenvalue weighted by Crippen LogP contribution is -2.34. The SMILES string of the molecule is CC(C)(OC(=O)C(F)(F)F)c1ccnc(CN)c1. The van der Waals surface area contributed by atoms with Gasteiger partial charge in [-0.25, -0.2) is 4.79 Å². The van der Waals surface area contributed by atoms with Gasteiger partial charge in [-0.05, 0) is 31.5 Å². The van der Waals surface area contributed by atoms with Gasteiger partial charge < -0.3 is 10.5 Å². The Bertz CT molecular complexity index is 444. The van der Waals surface area contributed by atoms with Crippen LogP contribution in [-0.2, 0) is 21.7 Å². The zero-order chi connectivity index (χ0) is 14.0. The summed E-state index contributed by atoms with van der Waals surface area (Å²) in [6.45, 7) is 2.88. The van der Waals surface area contributed by atoms with Crippen molar-refractivity contribution in [3.63, 3.8) is 0 Å². The number of hydrogen-bond acceptors (Lipinski definition) is 4. The largest absolute Gasteiger partial charge is 0.490 e. The van der Waals surface area contributed by atoms with Crippen molar-refractivity contribution in [1.29, 1.82) is 0 Å². The molecule has 1 rings (SSSR count). The maximum atomic E-state index is 12.1. The first-order chi connectivity index (χ1) is 8.16. The summed E-state index contributed by atoms with van der Waals surface area (Å²) in [5.41, 5.74) is 4.88. The lowest BCUT2D eigenvalue weighted by molar-refractivity contribution is -0.212. The van der Waals surface area contributed by atoms with Gasteiger partial charge in [0.1, 0.15) is 5.60 Å². The van der Waals surface area contributed by atoms with Gasteiger partial charge in [-0.2, -0.15) is 13.2 Å². The highest BCUT2D eigenvalue weighted by Crippen LogP contribution is 2.28. The van der Waals surface area contributed by atoms with Crippen LogP contribution in [-0.4, -0.2) is 17.1 Å². The van der Waals surface area contributed by atoms with E-state index in [1.165, 1.54) is 32.2 Å². The van der Waals surface area contributed by atoms with Gasteiger partial charge in [0, 0.05) is 12.7 Å². The first-order valence-electron chi connectivity index (χ1n) is 5.12. The number of hydrogen-bond donors (Lipinski definition) is 1. The number of esters is 1. The molecule has 0 unspecified atom stereocenters. The Hall–Kier alpha value is -1.63. The number of nitrogens with zero attached hydrogens (tertiary/aromatic N) is 1. The highest BCUT2D eigenvalue weighted by Gasteiger charge is 2.44. The predicted molar refractivity (Wildman–Crippen MR) is 57.3 cm³/mol. The first-order valence-corrected chi connectivity index (χ1v) is 5.12. The molecule has 0 bridgehead atoms. The second-order valence-corrected chi connectivity index (χ2v) is 4.14. The molecule has 0 saturated carbocycles. The maximum Gasteiger partial charge on any atom is 0.490 e. The van der Waals surface area contributed by atoms with Crippen molar-refractivity contribution in [2.75, 3.05) is 0 Å². The number of carbonyl (C=O) groups is 1. The molecule has 100 valence electrons. The fourth-order valence-corrected chi connectivity index (χ4v) is 1.31. The first kappa shape index (κ1) is 14.4. The summed E-state index contributed by atoms with van der Waals surface area (Å²) >= 11 is 0. The van der Waals surface area contributed by atoms with Crippen LogP contribution in [0.2, 0.25) is 0 Å². The van der Waals surface area contributed by atoms with Crippen LogP contribution in [0.3, 0.4) is 0 Å². The van der Waals surface area contributed by atoms with Gasteiger partial charge in [0.2, 0.25) is 0 Å². The number of aromatic nitrogens is 1. The van der Waals surface area contributed by atoms with Gasteiger partial charge in [-0.1, -0.05) is 0 Å². The molecular formula is C11H13F3N2O2. The quantitative estimate of drug-likeness (QED) is 0.845. The number of halogens is 3. The van der Waals surface area contributed by atoms with E-state index in [2.05, 4.69) is 9.72 Å². The van der Waals surface area contributed by atoms with Gasteiger partial charge in [0.25, 0.3) is 0 Å². The smallest absolute Gasteiger partial charge is 0.448 e. The lowest BCUT2D eigenvalue weighted by Gasteiger charge is -2.26. The minimum Gasteiger partial charge on any atom is -0.448 e. The summed E-state index contributed by atoms with van der Waals surface area (Å²) in [6, 6.07) is 2.98. The van der Waals surface area contributed by atoms with Gasteiger partial charge in [-0.15, -0.1) is 0 Å². The fraction of sp³-hybridized carbons (Fsp3) is 0.455. The second-order valence-electron chi connectivity index (χ2n) is 4.14. The van der Waals surface area contributed by atoms with E-state index in [-0.39, 0.29) is 6.54 Å². The molecule has 0 amide bonds. The van der Waals surface area contributed by atoms with Crippen LogP contribution in [0.4, 0.5) is 13.2 Å². The van der Waals surface area contributed by atoms with E-state index in [9.17, 15) is 18.0 Å². The van der Waals surface area contributed by atoms with Gasteiger partial charge in [0.15, 0.2) is 0 Å². The third-order valence-corrected chi connectivity index (χ3v) is 2.30. The molecule has 7 heteroatoms. The summed E-state index contributed by atoms with van der Waals surface area (Å²) in [7, 11) is 0. The summed E-state index contributed by atoms with van der Waals surface area (Å²) in [6.07, 6.45) is -3.61. The Balaban J connectivity index is 2.95. The molecule has 0 saturated heterocycles. The Labute approximate surface area is 102 Å². The van der Waals surface area contributed by atoms with Crippen LogP contribution in [0, 0.1) is 0 Å². The number of ether oxygens (including phenoxy) is 1. The highest BCUT2D eigenvalue weighted by molar-refractivity contribution is 5.76. The summed E-state index contributed by atoms with van der Waals surface area (Å²) in [4.78, 5) is 14.7. The molecule has 1 heterocycles. The average Bonchev–Trinajstić information content (AvgIpc) is 2.27. The van der Waals surface area contributed by atoms with Gasteiger partial charge in [-0.3, -0.25) is 4.98 Å². The molecule has 0 aliphatic carbocycles. The van der Waals surface area contributed by atoms with Gasteiger partial charge in [0.05, 0.1) is 5.69 Å². The molecule has 0 aliphatic heterocycles. The Morgan fingerprint density at radius 2 is 2.06 bits per heavy atom. The van der Waals surface area contributed by atoms with Gasteiger partial charge >= 0.3 is 12.1 Å². The van der Waals surface area contributed by atoms with Crippen molar-refractivity contribution in [3.8, 4) is 0 Å². The zero-order valence-electron chi connectivity index (χ0n) is 9.91. The Morgan fingerprint density at radius 1 is 1.44 bits per heavy atom. The minimum atomic E-state index is -5.01.